The maximum Gasteiger partial charge on any atom is 0.263 e. The molecule has 0 aliphatic carbocycles. The lowest BCUT2D eigenvalue weighted by molar-refractivity contribution is 0.576. The molecule has 3 rings (SSSR count). The van der Waals surface area contributed by atoms with Crippen LogP contribution in [0.15, 0.2) is 29.6 Å². The normalized spacial score (nSPS) is 12.7. The standard InChI is InChI=1S/C12H12N6O/c1-7(11-15-8(2)16-17-11)18-6-14-10-3-4-13-5-9(10)12(18)19/h3-7H,1-2H3,(H,15,16,17). The molecule has 3 heterocycles. The number of fused-ring (bicyclic) bond motifs is 1. The van der Waals surface area contributed by atoms with E-state index in [4.69, 9.17) is 0 Å². The number of nitrogens with one attached hydrogen (secondary N) is 1. The van der Waals surface area contributed by atoms with Crippen molar-refractivity contribution in [2.24, 2.45) is 0 Å². The van der Waals surface area contributed by atoms with Gasteiger partial charge in [-0.05, 0) is 19.9 Å². The number of H-pyrrole nitrogens is 1. The van der Waals surface area contributed by atoms with E-state index < -0.39 is 0 Å². The zero-order chi connectivity index (χ0) is 13.4. The highest BCUT2D eigenvalue weighted by Crippen LogP contribution is 2.12. The van der Waals surface area contributed by atoms with Gasteiger partial charge in [0.05, 0.1) is 23.3 Å². The van der Waals surface area contributed by atoms with E-state index in [9.17, 15) is 4.79 Å². The van der Waals surface area contributed by atoms with Crippen molar-refractivity contribution in [1.82, 2.24) is 29.7 Å². The topological polar surface area (TPSA) is 89.3 Å². The molecule has 0 bridgehead atoms. The summed E-state index contributed by atoms with van der Waals surface area (Å²) in [7, 11) is 0. The van der Waals surface area contributed by atoms with Crippen LogP contribution in [0.25, 0.3) is 10.9 Å². The van der Waals surface area contributed by atoms with Crippen LogP contribution < -0.4 is 5.56 Å². The number of hydrogen-bond donors (Lipinski definition) is 1. The molecule has 0 aliphatic rings. The number of pyridine rings is 1. The van der Waals surface area contributed by atoms with Crippen LogP contribution in [0.5, 0.6) is 0 Å². The molecule has 0 aliphatic heterocycles. The molecule has 3 aromatic heterocycles. The second kappa shape index (κ2) is 4.27. The van der Waals surface area contributed by atoms with Gasteiger partial charge in [0, 0.05) is 12.4 Å². The summed E-state index contributed by atoms with van der Waals surface area (Å²) in [4.78, 5) is 24.8. The van der Waals surface area contributed by atoms with E-state index in [-0.39, 0.29) is 11.6 Å². The third kappa shape index (κ3) is 1.88. The Kier molecular flexibility index (Phi) is 2.59. The number of aryl methyl sites for hydroxylation is 1. The minimum absolute atomic E-state index is 0.145. The molecular formula is C12H12N6O. The van der Waals surface area contributed by atoms with Crippen LogP contribution in [0.2, 0.25) is 0 Å². The van der Waals surface area contributed by atoms with Crippen LogP contribution in [0.4, 0.5) is 0 Å². The molecule has 19 heavy (non-hydrogen) atoms. The fourth-order valence-corrected chi connectivity index (χ4v) is 1.93. The number of rotatable bonds is 2. The number of aromatic amines is 1. The average molecular weight is 256 g/mol. The van der Waals surface area contributed by atoms with E-state index in [2.05, 4.69) is 25.1 Å². The smallest absolute Gasteiger partial charge is 0.263 e. The molecule has 1 N–H and O–H groups in total. The van der Waals surface area contributed by atoms with Crippen molar-refractivity contribution in [3.05, 3.63) is 46.8 Å². The Bertz CT molecular complexity index is 790. The van der Waals surface area contributed by atoms with Crippen LogP contribution >= 0.6 is 0 Å². The van der Waals surface area contributed by atoms with E-state index in [1.807, 2.05) is 13.8 Å². The largest absolute Gasteiger partial charge is 0.288 e. The minimum atomic E-state index is -0.283. The van der Waals surface area contributed by atoms with Crippen LogP contribution in [0.1, 0.15) is 24.6 Å². The van der Waals surface area contributed by atoms with E-state index in [0.717, 1.165) is 0 Å². The van der Waals surface area contributed by atoms with Crippen LogP contribution in [0, 0.1) is 6.92 Å². The van der Waals surface area contributed by atoms with Crippen molar-refractivity contribution in [2.45, 2.75) is 19.9 Å². The summed E-state index contributed by atoms with van der Waals surface area (Å²) in [5.74, 6) is 1.27. The van der Waals surface area contributed by atoms with E-state index in [1.165, 1.54) is 17.1 Å². The Morgan fingerprint density at radius 1 is 1.42 bits per heavy atom. The summed E-state index contributed by atoms with van der Waals surface area (Å²) >= 11 is 0. The maximum atomic E-state index is 12.4. The first-order valence-corrected chi connectivity index (χ1v) is 5.86. The molecule has 0 amide bonds. The Labute approximate surface area is 108 Å². The zero-order valence-corrected chi connectivity index (χ0v) is 10.5. The van der Waals surface area contributed by atoms with E-state index in [1.54, 1.807) is 12.3 Å². The van der Waals surface area contributed by atoms with Gasteiger partial charge in [0.15, 0.2) is 5.82 Å². The second-order valence-electron chi connectivity index (χ2n) is 4.30. The van der Waals surface area contributed by atoms with Crippen LogP contribution in [-0.2, 0) is 0 Å². The van der Waals surface area contributed by atoms with Crippen molar-refractivity contribution < 1.29 is 0 Å². The van der Waals surface area contributed by atoms with Crippen LogP contribution in [-0.4, -0.2) is 29.7 Å². The molecular weight excluding hydrogens is 244 g/mol. The van der Waals surface area contributed by atoms with Gasteiger partial charge >= 0.3 is 0 Å². The number of hydrogen-bond acceptors (Lipinski definition) is 5. The van der Waals surface area contributed by atoms with Crippen molar-refractivity contribution in [2.75, 3.05) is 0 Å². The summed E-state index contributed by atoms with van der Waals surface area (Å²) in [6.45, 7) is 3.67. The molecule has 1 unspecified atom stereocenters. The summed E-state index contributed by atoms with van der Waals surface area (Å²) in [6.07, 6.45) is 4.65. The van der Waals surface area contributed by atoms with E-state index in [0.29, 0.717) is 22.6 Å². The van der Waals surface area contributed by atoms with Gasteiger partial charge in [0.1, 0.15) is 5.82 Å². The molecule has 0 saturated carbocycles. The zero-order valence-electron chi connectivity index (χ0n) is 10.5. The van der Waals surface area contributed by atoms with Crippen molar-refractivity contribution in [1.29, 1.82) is 0 Å². The second-order valence-corrected chi connectivity index (χ2v) is 4.30. The molecule has 0 aromatic carbocycles. The van der Waals surface area contributed by atoms with Gasteiger partial charge in [-0.15, -0.1) is 0 Å². The fourth-order valence-electron chi connectivity index (χ4n) is 1.93. The third-order valence-electron chi connectivity index (χ3n) is 2.99. The minimum Gasteiger partial charge on any atom is -0.288 e. The van der Waals surface area contributed by atoms with Gasteiger partial charge in [-0.1, -0.05) is 0 Å². The first kappa shape index (κ1) is 11.5. The molecule has 0 radical (unpaired) electrons. The molecule has 0 fully saturated rings. The van der Waals surface area contributed by atoms with Crippen molar-refractivity contribution >= 4 is 10.9 Å². The van der Waals surface area contributed by atoms with Crippen molar-refractivity contribution in [3.8, 4) is 0 Å². The molecule has 0 saturated heterocycles. The highest BCUT2D eigenvalue weighted by Gasteiger charge is 2.15. The maximum absolute atomic E-state index is 12.4. The Morgan fingerprint density at radius 2 is 2.26 bits per heavy atom. The highest BCUT2D eigenvalue weighted by atomic mass is 16.1. The number of aromatic nitrogens is 6. The van der Waals surface area contributed by atoms with Gasteiger partial charge in [0.2, 0.25) is 0 Å². The van der Waals surface area contributed by atoms with Gasteiger partial charge in [-0.25, -0.2) is 9.97 Å². The van der Waals surface area contributed by atoms with Crippen LogP contribution in [0.3, 0.4) is 0 Å². The van der Waals surface area contributed by atoms with Gasteiger partial charge < -0.3 is 0 Å². The monoisotopic (exact) mass is 256 g/mol. The quantitative estimate of drug-likeness (QED) is 0.733. The van der Waals surface area contributed by atoms with Gasteiger partial charge in [-0.2, -0.15) is 5.10 Å². The van der Waals surface area contributed by atoms with Gasteiger partial charge in [0.25, 0.3) is 5.56 Å². The fraction of sp³-hybridized carbons (Fsp3) is 0.250. The molecule has 0 spiro atoms. The predicted molar refractivity (Wildman–Crippen MR) is 68.7 cm³/mol. The molecule has 7 heteroatoms. The number of nitrogens with zero attached hydrogens (tertiary/aromatic N) is 5. The highest BCUT2D eigenvalue weighted by molar-refractivity contribution is 5.75. The molecule has 7 nitrogen and oxygen atoms in total. The Balaban J connectivity index is 2.15. The Hall–Kier alpha value is -2.57. The van der Waals surface area contributed by atoms with Crippen molar-refractivity contribution in [3.63, 3.8) is 0 Å². The summed E-state index contributed by atoms with van der Waals surface area (Å²) < 4.78 is 1.51. The first-order chi connectivity index (χ1) is 9.16. The lowest BCUT2D eigenvalue weighted by Crippen LogP contribution is -2.25. The van der Waals surface area contributed by atoms with E-state index >= 15 is 0 Å². The average Bonchev–Trinajstić information content (AvgIpc) is 2.85. The molecule has 3 aromatic rings. The lowest BCUT2D eigenvalue weighted by Gasteiger charge is -2.11. The summed E-state index contributed by atoms with van der Waals surface area (Å²) in [5.41, 5.74) is 0.489. The SMILES string of the molecule is Cc1nc(C(C)n2cnc3ccncc3c2=O)n[nH]1. The van der Waals surface area contributed by atoms with Gasteiger partial charge in [-0.3, -0.25) is 19.4 Å². The summed E-state index contributed by atoms with van der Waals surface area (Å²) in [5, 5.41) is 7.33. The third-order valence-corrected chi connectivity index (χ3v) is 2.99. The Morgan fingerprint density at radius 3 is 3.00 bits per heavy atom. The lowest BCUT2D eigenvalue weighted by atomic mass is 10.2. The summed E-state index contributed by atoms with van der Waals surface area (Å²) in [6, 6.07) is 1.43. The first-order valence-electron chi connectivity index (χ1n) is 5.86. The predicted octanol–water partition coefficient (Wildman–Crippen LogP) is 0.827. The molecule has 1 atom stereocenters. The molecule has 96 valence electrons.